The summed E-state index contributed by atoms with van der Waals surface area (Å²) >= 11 is 0. The minimum absolute atomic E-state index is 0.0885. The van der Waals surface area contributed by atoms with Crippen LogP contribution in [0, 0.1) is 11.8 Å². The summed E-state index contributed by atoms with van der Waals surface area (Å²) in [6.07, 6.45) is 5.73. The molecule has 0 aliphatic heterocycles. The molecule has 18 heavy (non-hydrogen) atoms. The first-order valence-electron chi connectivity index (χ1n) is 6.55. The molecule has 0 radical (unpaired) electrons. The predicted molar refractivity (Wildman–Crippen MR) is 71.9 cm³/mol. The van der Waals surface area contributed by atoms with Gasteiger partial charge in [0.15, 0.2) is 0 Å². The highest BCUT2D eigenvalue weighted by atomic mass is 16.1. The molecular weight excluding hydrogens is 228 g/mol. The monoisotopic (exact) mass is 252 g/mol. The molecule has 0 saturated heterocycles. The second-order valence-electron chi connectivity index (χ2n) is 5.11. The van der Waals surface area contributed by atoms with Gasteiger partial charge in [-0.3, -0.25) is 4.79 Å². The van der Waals surface area contributed by atoms with Gasteiger partial charge < -0.3 is 16.0 Å². The molecule has 0 aliphatic carbocycles. The summed E-state index contributed by atoms with van der Waals surface area (Å²) in [5, 5.41) is 2.92. The van der Waals surface area contributed by atoms with Crippen molar-refractivity contribution < 1.29 is 4.79 Å². The molecule has 5 heteroatoms. The average Bonchev–Trinajstić information content (AvgIpc) is 2.80. The molecule has 0 unspecified atom stereocenters. The number of aromatic nitrogens is 2. The van der Waals surface area contributed by atoms with Crippen LogP contribution in [0.25, 0.3) is 0 Å². The Balaban J connectivity index is 2.19. The fourth-order valence-electron chi connectivity index (χ4n) is 2.02. The average molecular weight is 252 g/mol. The number of nitrogens with zero attached hydrogens (tertiary/aromatic N) is 1. The molecule has 0 fully saturated rings. The van der Waals surface area contributed by atoms with Gasteiger partial charge in [0.2, 0.25) is 5.91 Å². The van der Waals surface area contributed by atoms with Gasteiger partial charge in [-0.25, -0.2) is 4.98 Å². The SMILES string of the molecule is CC(C)C[C@H](CN)CC(=O)NCCc1cnc[nH]1. The zero-order valence-electron chi connectivity index (χ0n) is 11.3. The van der Waals surface area contributed by atoms with Gasteiger partial charge in [0.1, 0.15) is 0 Å². The summed E-state index contributed by atoms with van der Waals surface area (Å²) in [7, 11) is 0. The summed E-state index contributed by atoms with van der Waals surface area (Å²) in [6.45, 7) is 5.52. The number of nitrogens with two attached hydrogens (primary N) is 1. The third-order valence-electron chi connectivity index (χ3n) is 2.88. The minimum Gasteiger partial charge on any atom is -0.356 e. The molecule has 4 N–H and O–H groups in total. The molecule has 0 aliphatic rings. The van der Waals surface area contributed by atoms with Gasteiger partial charge in [0, 0.05) is 31.3 Å². The van der Waals surface area contributed by atoms with E-state index in [2.05, 4.69) is 29.1 Å². The number of carbonyl (C=O) groups is 1. The van der Waals surface area contributed by atoms with Crippen molar-refractivity contribution in [3.8, 4) is 0 Å². The maximum Gasteiger partial charge on any atom is 0.220 e. The van der Waals surface area contributed by atoms with Crippen LogP contribution in [0.5, 0.6) is 0 Å². The Bertz CT molecular complexity index is 335. The van der Waals surface area contributed by atoms with Gasteiger partial charge in [0.05, 0.1) is 6.33 Å². The maximum absolute atomic E-state index is 11.7. The molecular formula is C13H24N4O. The number of carbonyl (C=O) groups excluding carboxylic acids is 1. The van der Waals surface area contributed by atoms with Crippen molar-refractivity contribution in [3.05, 3.63) is 18.2 Å². The summed E-state index contributed by atoms with van der Waals surface area (Å²) in [6, 6.07) is 0. The van der Waals surface area contributed by atoms with E-state index in [-0.39, 0.29) is 11.8 Å². The molecule has 1 heterocycles. The number of hydrogen-bond acceptors (Lipinski definition) is 3. The van der Waals surface area contributed by atoms with Crippen LogP contribution in [-0.2, 0) is 11.2 Å². The van der Waals surface area contributed by atoms with E-state index in [9.17, 15) is 4.79 Å². The van der Waals surface area contributed by atoms with Gasteiger partial charge in [-0.15, -0.1) is 0 Å². The highest BCUT2D eigenvalue weighted by Gasteiger charge is 2.13. The van der Waals surface area contributed by atoms with Crippen molar-refractivity contribution in [3.63, 3.8) is 0 Å². The Kier molecular flexibility index (Phi) is 6.43. The number of amides is 1. The molecule has 0 aromatic carbocycles. The van der Waals surface area contributed by atoms with Crippen molar-refractivity contribution in [2.75, 3.05) is 13.1 Å². The van der Waals surface area contributed by atoms with E-state index in [1.54, 1.807) is 12.5 Å². The molecule has 0 saturated carbocycles. The lowest BCUT2D eigenvalue weighted by Gasteiger charge is -2.16. The summed E-state index contributed by atoms with van der Waals surface area (Å²) in [5.41, 5.74) is 6.72. The third kappa shape index (κ3) is 5.82. The standard InChI is InChI=1S/C13H24N4O/c1-10(2)5-11(7-14)6-13(18)16-4-3-12-8-15-9-17-12/h8-11H,3-7,14H2,1-2H3,(H,15,17)(H,16,18)/t11-/m0/s1. The van der Waals surface area contributed by atoms with Crippen molar-refractivity contribution in [2.45, 2.75) is 33.1 Å². The lowest BCUT2D eigenvalue weighted by Crippen LogP contribution is -2.30. The van der Waals surface area contributed by atoms with Crippen LogP contribution >= 0.6 is 0 Å². The Morgan fingerprint density at radius 3 is 2.89 bits per heavy atom. The first-order chi connectivity index (χ1) is 8.61. The van der Waals surface area contributed by atoms with Gasteiger partial charge in [-0.1, -0.05) is 13.8 Å². The zero-order chi connectivity index (χ0) is 13.4. The molecule has 1 amide bonds. The first-order valence-corrected chi connectivity index (χ1v) is 6.55. The lowest BCUT2D eigenvalue weighted by atomic mass is 9.94. The zero-order valence-corrected chi connectivity index (χ0v) is 11.3. The van der Waals surface area contributed by atoms with Gasteiger partial charge >= 0.3 is 0 Å². The fraction of sp³-hybridized carbons (Fsp3) is 0.692. The van der Waals surface area contributed by atoms with E-state index in [1.807, 2.05) is 0 Å². The summed E-state index contributed by atoms with van der Waals surface area (Å²) < 4.78 is 0. The summed E-state index contributed by atoms with van der Waals surface area (Å²) in [4.78, 5) is 18.7. The molecule has 1 aromatic heterocycles. The molecule has 5 nitrogen and oxygen atoms in total. The van der Waals surface area contributed by atoms with E-state index >= 15 is 0 Å². The van der Waals surface area contributed by atoms with Crippen LogP contribution in [-0.4, -0.2) is 29.0 Å². The molecule has 1 aromatic rings. The number of rotatable bonds is 8. The lowest BCUT2D eigenvalue weighted by molar-refractivity contribution is -0.122. The normalized spacial score (nSPS) is 12.7. The van der Waals surface area contributed by atoms with Gasteiger partial charge in [-0.2, -0.15) is 0 Å². The highest BCUT2D eigenvalue weighted by Crippen LogP contribution is 2.13. The second kappa shape index (κ2) is 7.87. The number of aromatic amines is 1. The topological polar surface area (TPSA) is 83.8 Å². The van der Waals surface area contributed by atoms with E-state index in [4.69, 9.17) is 5.73 Å². The van der Waals surface area contributed by atoms with Crippen LogP contribution in [0.15, 0.2) is 12.5 Å². The van der Waals surface area contributed by atoms with Crippen molar-refractivity contribution in [2.24, 2.45) is 17.6 Å². The molecule has 0 spiro atoms. The van der Waals surface area contributed by atoms with Crippen molar-refractivity contribution in [1.29, 1.82) is 0 Å². The molecule has 1 atom stereocenters. The minimum atomic E-state index is 0.0885. The Morgan fingerprint density at radius 2 is 2.33 bits per heavy atom. The van der Waals surface area contributed by atoms with Crippen molar-refractivity contribution in [1.82, 2.24) is 15.3 Å². The number of H-pyrrole nitrogens is 1. The first kappa shape index (κ1) is 14.7. The molecule has 1 rings (SSSR count). The number of imidazole rings is 1. The van der Waals surface area contributed by atoms with E-state index < -0.39 is 0 Å². The van der Waals surface area contributed by atoms with Crippen LogP contribution in [0.1, 0.15) is 32.4 Å². The largest absolute Gasteiger partial charge is 0.356 e. The molecule has 102 valence electrons. The smallest absolute Gasteiger partial charge is 0.220 e. The fourth-order valence-corrected chi connectivity index (χ4v) is 2.02. The Hall–Kier alpha value is -1.36. The van der Waals surface area contributed by atoms with Crippen LogP contribution in [0.4, 0.5) is 0 Å². The molecule has 0 bridgehead atoms. The second-order valence-corrected chi connectivity index (χ2v) is 5.11. The Morgan fingerprint density at radius 1 is 1.56 bits per heavy atom. The van der Waals surface area contributed by atoms with Crippen LogP contribution in [0.3, 0.4) is 0 Å². The highest BCUT2D eigenvalue weighted by molar-refractivity contribution is 5.76. The third-order valence-corrected chi connectivity index (χ3v) is 2.88. The number of nitrogens with one attached hydrogen (secondary N) is 2. The Labute approximate surface area is 109 Å². The van der Waals surface area contributed by atoms with E-state index in [0.717, 1.165) is 18.5 Å². The van der Waals surface area contributed by atoms with Crippen molar-refractivity contribution >= 4 is 5.91 Å². The summed E-state index contributed by atoms with van der Waals surface area (Å²) in [5.74, 6) is 0.958. The van der Waals surface area contributed by atoms with E-state index in [0.29, 0.717) is 25.4 Å². The van der Waals surface area contributed by atoms with Gasteiger partial charge in [0.25, 0.3) is 0 Å². The number of hydrogen-bond donors (Lipinski definition) is 3. The predicted octanol–water partition coefficient (Wildman–Crippen LogP) is 1.08. The van der Waals surface area contributed by atoms with Gasteiger partial charge in [-0.05, 0) is 24.8 Å². The quantitative estimate of drug-likeness (QED) is 0.647. The van der Waals surface area contributed by atoms with E-state index in [1.165, 1.54) is 0 Å². The maximum atomic E-state index is 11.7. The van der Waals surface area contributed by atoms with Crippen LogP contribution < -0.4 is 11.1 Å². The van der Waals surface area contributed by atoms with Crippen LogP contribution in [0.2, 0.25) is 0 Å².